The van der Waals surface area contributed by atoms with E-state index in [0.29, 0.717) is 17.1 Å². The Morgan fingerprint density at radius 3 is 2.40 bits per heavy atom. The van der Waals surface area contributed by atoms with Gasteiger partial charge in [-0.05, 0) is 54.5 Å². The highest BCUT2D eigenvalue weighted by molar-refractivity contribution is 6.06. The van der Waals surface area contributed by atoms with Crippen molar-refractivity contribution in [2.24, 2.45) is 0 Å². The zero-order chi connectivity index (χ0) is 21.9. The van der Waals surface area contributed by atoms with Gasteiger partial charge in [0.05, 0.1) is 17.7 Å². The molecular weight excluding hydrogens is 382 g/mol. The summed E-state index contributed by atoms with van der Waals surface area (Å²) in [4.78, 5) is 26.2. The molecule has 2 aromatic carbocycles. The largest absolute Gasteiger partial charge is 0.495 e. The zero-order valence-electron chi connectivity index (χ0n) is 18.0. The molecule has 2 aromatic rings. The minimum atomic E-state index is -0.415. The van der Waals surface area contributed by atoms with Crippen LogP contribution in [0.4, 0.5) is 17.1 Å². The van der Waals surface area contributed by atoms with Gasteiger partial charge in [0.1, 0.15) is 11.4 Å². The number of hydrogen-bond acceptors (Lipinski definition) is 5. The van der Waals surface area contributed by atoms with Gasteiger partial charge in [-0.25, -0.2) is 0 Å². The summed E-state index contributed by atoms with van der Waals surface area (Å²) in [7, 11) is 1.54. The summed E-state index contributed by atoms with van der Waals surface area (Å²) >= 11 is 0. The number of nitrogens with one attached hydrogen (secondary N) is 1. The molecular formula is C23H29N3O4. The lowest BCUT2D eigenvalue weighted by Crippen LogP contribution is -2.30. The fourth-order valence-electron chi connectivity index (χ4n) is 3.68. The summed E-state index contributed by atoms with van der Waals surface area (Å²) in [5.41, 5.74) is 2.26. The average Bonchev–Trinajstić information content (AvgIpc) is 2.73. The maximum Gasteiger partial charge on any atom is 0.293 e. The van der Waals surface area contributed by atoms with Gasteiger partial charge in [-0.3, -0.25) is 14.9 Å². The lowest BCUT2D eigenvalue weighted by Gasteiger charge is -2.28. The van der Waals surface area contributed by atoms with Gasteiger partial charge >= 0.3 is 0 Å². The van der Waals surface area contributed by atoms with Crippen LogP contribution < -0.4 is 15.0 Å². The van der Waals surface area contributed by atoms with Crippen LogP contribution in [0.2, 0.25) is 0 Å². The first-order valence-corrected chi connectivity index (χ1v) is 10.2. The van der Waals surface area contributed by atoms with E-state index < -0.39 is 10.8 Å². The minimum absolute atomic E-state index is 0.0417. The van der Waals surface area contributed by atoms with E-state index in [2.05, 4.69) is 26.1 Å². The quantitative estimate of drug-likeness (QED) is 0.544. The van der Waals surface area contributed by atoms with E-state index in [0.717, 1.165) is 37.9 Å². The molecule has 30 heavy (non-hydrogen) atoms. The van der Waals surface area contributed by atoms with Gasteiger partial charge in [-0.2, -0.15) is 0 Å². The van der Waals surface area contributed by atoms with Gasteiger partial charge in [0.25, 0.3) is 11.6 Å². The van der Waals surface area contributed by atoms with Crippen LogP contribution in [-0.4, -0.2) is 31.0 Å². The Morgan fingerprint density at radius 1 is 1.10 bits per heavy atom. The minimum Gasteiger partial charge on any atom is -0.495 e. The highest BCUT2D eigenvalue weighted by Gasteiger charge is 2.24. The Balaban J connectivity index is 1.90. The number of nitrogens with zero attached hydrogens (tertiary/aromatic N) is 2. The number of benzene rings is 2. The van der Waals surface area contributed by atoms with Crippen molar-refractivity contribution in [1.29, 1.82) is 0 Å². The molecule has 0 atom stereocenters. The Labute approximate surface area is 177 Å². The molecule has 160 valence electrons. The van der Waals surface area contributed by atoms with Crippen molar-refractivity contribution in [3.63, 3.8) is 0 Å². The molecule has 1 amide bonds. The highest BCUT2D eigenvalue weighted by atomic mass is 16.6. The van der Waals surface area contributed by atoms with E-state index in [1.54, 1.807) is 19.2 Å². The third kappa shape index (κ3) is 4.72. The first kappa shape index (κ1) is 21.6. The van der Waals surface area contributed by atoms with Crippen molar-refractivity contribution >= 4 is 23.0 Å². The SMILES string of the molecule is COc1ccc(C(C)(C)C)cc1NC(=O)c1ccc(N2CCCCC2)c([N+](=O)[O-])c1. The molecule has 1 heterocycles. The molecule has 0 saturated carbocycles. The molecule has 7 nitrogen and oxygen atoms in total. The first-order chi connectivity index (χ1) is 14.2. The van der Waals surface area contributed by atoms with E-state index in [1.165, 1.54) is 6.07 Å². The van der Waals surface area contributed by atoms with Gasteiger partial charge in [-0.15, -0.1) is 0 Å². The second kappa shape index (κ2) is 8.73. The monoisotopic (exact) mass is 411 g/mol. The fraction of sp³-hybridized carbons (Fsp3) is 0.435. The topological polar surface area (TPSA) is 84.7 Å². The molecule has 1 fully saturated rings. The van der Waals surface area contributed by atoms with Crippen molar-refractivity contribution in [1.82, 2.24) is 0 Å². The predicted octanol–water partition coefficient (Wildman–Crippen LogP) is 5.14. The number of piperidine rings is 1. The van der Waals surface area contributed by atoms with Crippen molar-refractivity contribution in [3.05, 3.63) is 57.6 Å². The number of methoxy groups -OCH3 is 1. The van der Waals surface area contributed by atoms with E-state index >= 15 is 0 Å². The van der Waals surface area contributed by atoms with Crippen LogP contribution >= 0.6 is 0 Å². The molecule has 3 rings (SSSR count). The Morgan fingerprint density at radius 2 is 1.80 bits per heavy atom. The van der Waals surface area contributed by atoms with Crippen LogP contribution in [-0.2, 0) is 5.41 Å². The number of ether oxygens (including phenoxy) is 1. The van der Waals surface area contributed by atoms with Gasteiger partial charge in [0.15, 0.2) is 0 Å². The molecule has 0 spiro atoms. The molecule has 0 bridgehead atoms. The van der Waals surface area contributed by atoms with Gasteiger partial charge in [0.2, 0.25) is 0 Å². The number of hydrogen-bond donors (Lipinski definition) is 1. The Bertz CT molecular complexity index is 944. The molecule has 1 aliphatic rings. The molecule has 1 aliphatic heterocycles. The average molecular weight is 412 g/mol. The summed E-state index contributed by atoms with van der Waals surface area (Å²) in [5, 5.41) is 14.5. The highest BCUT2D eigenvalue weighted by Crippen LogP contribution is 2.34. The standard InChI is InChI=1S/C23H29N3O4/c1-23(2,3)17-9-11-21(30-4)18(15-17)24-22(27)16-8-10-19(20(14-16)26(28)29)25-12-6-5-7-13-25/h8-11,14-15H,5-7,12-13H2,1-4H3,(H,24,27). The number of anilines is 2. The van der Waals surface area contributed by atoms with Crippen molar-refractivity contribution in [3.8, 4) is 5.75 Å². The van der Waals surface area contributed by atoms with Crippen LogP contribution in [0, 0.1) is 10.1 Å². The number of carbonyl (C=O) groups is 1. The summed E-state index contributed by atoms with van der Waals surface area (Å²) in [6.07, 6.45) is 3.17. The van der Waals surface area contributed by atoms with Gasteiger partial charge in [-0.1, -0.05) is 26.8 Å². The number of amides is 1. The van der Waals surface area contributed by atoms with Crippen LogP contribution in [0.3, 0.4) is 0 Å². The third-order valence-corrected chi connectivity index (χ3v) is 5.44. The van der Waals surface area contributed by atoms with Gasteiger partial charge < -0.3 is 15.0 Å². The fourth-order valence-corrected chi connectivity index (χ4v) is 3.68. The maximum absolute atomic E-state index is 12.9. The van der Waals surface area contributed by atoms with E-state index in [9.17, 15) is 14.9 Å². The Kier molecular flexibility index (Phi) is 6.29. The van der Waals surface area contributed by atoms with Crippen LogP contribution in [0.25, 0.3) is 0 Å². The van der Waals surface area contributed by atoms with Crippen molar-refractivity contribution in [2.45, 2.75) is 45.4 Å². The lowest BCUT2D eigenvalue weighted by molar-refractivity contribution is -0.384. The Hall–Kier alpha value is -3.09. The normalized spacial score (nSPS) is 14.3. The molecule has 0 radical (unpaired) electrons. The van der Waals surface area contributed by atoms with Crippen LogP contribution in [0.1, 0.15) is 56.0 Å². The lowest BCUT2D eigenvalue weighted by atomic mass is 9.87. The number of nitro groups is 1. The van der Waals surface area contributed by atoms with Crippen LogP contribution in [0.15, 0.2) is 36.4 Å². The third-order valence-electron chi connectivity index (χ3n) is 5.44. The number of nitro benzene ring substituents is 1. The molecule has 1 saturated heterocycles. The molecule has 7 heteroatoms. The summed E-state index contributed by atoms with van der Waals surface area (Å²) in [5.74, 6) is 0.128. The number of carbonyl (C=O) groups excluding carboxylic acids is 1. The summed E-state index contributed by atoms with van der Waals surface area (Å²) < 4.78 is 5.38. The zero-order valence-corrected chi connectivity index (χ0v) is 18.0. The summed E-state index contributed by atoms with van der Waals surface area (Å²) in [6.45, 7) is 7.85. The van der Waals surface area contributed by atoms with Crippen LogP contribution in [0.5, 0.6) is 5.75 Å². The second-order valence-corrected chi connectivity index (χ2v) is 8.63. The molecule has 0 aromatic heterocycles. The predicted molar refractivity (Wildman–Crippen MR) is 119 cm³/mol. The molecule has 0 aliphatic carbocycles. The van der Waals surface area contributed by atoms with E-state index in [4.69, 9.17) is 4.74 Å². The van der Waals surface area contributed by atoms with Crippen molar-refractivity contribution in [2.75, 3.05) is 30.4 Å². The summed E-state index contributed by atoms with van der Waals surface area (Å²) in [6, 6.07) is 10.4. The van der Waals surface area contributed by atoms with E-state index in [1.807, 2.05) is 23.1 Å². The maximum atomic E-state index is 12.9. The molecule has 0 unspecified atom stereocenters. The smallest absolute Gasteiger partial charge is 0.293 e. The number of rotatable bonds is 5. The van der Waals surface area contributed by atoms with Crippen molar-refractivity contribution < 1.29 is 14.5 Å². The molecule has 1 N–H and O–H groups in total. The second-order valence-electron chi connectivity index (χ2n) is 8.63. The van der Waals surface area contributed by atoms with E-state index in [-0.39, 0.29) is 16.7 Å². The first-order valence-electron chi connectivity index (χ1n) is 10.2. The van der Waals surface area contributed by atoms with Gasteiger partial charge in [0, 0.05) is 24.7 Å².